The first-order chi connectivity index (χ1) is 10.8. The highest BCUT2D eigenvalue weighted by Gasteiger charge is 2.07. The van der Waals surface area contributed by atoms with Crippen molar-refractivity contribution in [2.75, 3.05) is 13.2 Å². The summed E-state index contributed by atoms with van der Waals surface area (Å²) < 4.78 is 5.71. The van der Waals surface area contributed by atoms with Crippen molar-refractivity contribution in [1.82, 2.24) is 10.3 Å². The lowest BCUT2D eigenvalue weighted by Gasteiger charge is -2.15. The lowest BCUT2D eigenvalue weighted by Crippen LogP contribution is -2.31. The molecule has 1 unspecified atom stereocenters. The van der Waals surface area contributed by atoms with Gasteiger partial charge >= 0.3 is 0 Å². The molecule has 0 aliphatic heterocycles. The fraction of sp³-hybridized carbons (Fsp3) is 0.278. The Morgan fingerprint density at radius 3 is 2.77 bits per heavy atom. The monoisotopic (exact) mass is 298 g/mol. The first-order valence-corrected chi connectivity index (χ1v) is 7.39. The maximum Gasteiger partial charge on any atom is 0.122 e. The molecule has 1 heterocycles. The number of aromatic nitrogens is 1. The van der Waals surface area contributed by atoms with Crippen LogP contribution < -0.4 is 10.1 Å². The molecule has 116 valence electrons. The minimum atomic E-state index is -0.557. The molecular weight excluding hydrogens is 276 g/mol. The van der Waals surface area contributed by atoms with E-state index in [4.69, 9.17) is 4.74 Å². The molecule has 1 atom stereocenters. The molecule has 1 aromatic heterocycles. The van der Waals surface area contributed by atoms with Crippen LogP contribution in [0.15, 0.2) is 61.4 Å². The molecule has 2 rings (SSSR count). The fourth-order valence-electron chi connectivity index (χ4n) is 2.10. The summed E-state index contributed by atoms with van der Waals surface area (Å²) in [6.45, 7) is 5.18. The molecule has 0 spiro atoms. The number of ether oxygens (including phenoxy) is 1. The van der Waals surface area contributed by atoms with Gasteiger partial charge in [0.05, 0.1) is 0 Å². The van der Waals surface area contributed by atoms with E-state index in [0.717, 1.165) is 23.3 Å². The normalized spacial score (nSPS) is 11.9. The van der Waals surface area contributed by atoms with E-state index in [-0.39, 0.29) is 6.61 Å². The molecule has 22 heavy (non-hydrogen) atoms. The molecule has 0 amide bonds. The van der Waals surface area contributed by atoms with Crippen molar-refractivity contribution in [3.05, 3.63) is 72.6 Å². The molecule has 0 radical (unpaired) electrons. The highest BCUT2D eigenvalue weighted by Crippen LogP contribution is 2.18. The quantitative estimate of drug-likeness (QED) is 0.698. The Balaban J connectivity index is 1.73. The summed E-state index contributed by atoms with van der Waals surface area (Å²) >= 11 is 0. The third kappa shape index (κ3) is 5.31. The number of aliphatic hydroxyl groups is 1. The Hall–Kier alpha value is -2.17. The third-order valence-corrected chi connectivity index (χ3v) is 3.23. The molecular formula is C18H22N2O2. The second kappa shape index (κ2) is 8.97. The second-order valence-electron chi connectivity index (χ2n) is 5.05. The molecule has 2 N–H and O–H groups in total. The van der Waals surface area contributed by atoms with Gasteiger partial charge in [-0.05, 0) is 35.7 Å². The van der Waals surface area contributed by atoms with Crippen molar-refractivity contribution in [2.45, 2.75) is 19.1 Å². The number of hydrogen-bond acceptors (Lipinski definition) is 4. The first kappa shape index (κ1) is 16.2. The summed E-state index contributed by atoms with van der Waals surface area (Å²) in [4.78, 5) is 3.97. The highest BCUT2D eigenvalue weighted by atomic mass is 16.5. The van der Waals surface area contributed by atoms with Gasteiger partial charge in [0.15, 0.2) is 0 Å². The van der Waals surface area contributed by atoms with Gasteiger partial charge < -0.3 is 15.2 Å². The number of pyridine rings is 1. The van der Waals surface area contributed by atoms with E-state index in [1.165, 1.54) is 0 Å². The van der Waals surface area contributed by atoms with Gasteiger partial charge in [-0.3, -0.25) is 4.98 Å². The highest BCUT2D eigenvalue weighted by molar-refractivity contribution is 5.34. The average Bonchev–Trinajstić information content (AvgIpc) is 2.55. The van der Waals surface area contributed by atoms with Gasteiger partial charge in [-0.25, -0.2) is 0 Å². The predicted molar refractivity (Wildman–Crippen MR) is 87.8 cm³/mol. The van der Waals surface area contributed by atoms with Crippen molar-refractivity contribution in [1.29, 1.82) is 0 Å². The number of nitrogens with one attached hydrogen (secondary N) is 1. The van der Waals surface area contributed by atoms with Gasteiger partial charge in [-0.1, -0.05) is 24.3 Å². The van der Waals surface area contributed by atoms with Gasteiger partial charge in [0.2, 0.25) is 0 Å². The third-order valence-electron chi connectivity index (χ3n) is 3.23. The van der Waals surface area contributed by atoms with Crippen LogP contribution in [-0.4, -0.2) is 29.3 Å². The number of rotatable bonds is 9. The molecule has 0 aliphatic carbocycles. The Kier molecular flexibility index (Phi) is 6.61. The molecule has 0 bridgehead atoms. The lowest BCUT2D eigenvalue weighted by molar-refractivity contribution is 0.106. The van der Waals surface area contributed by atoms with Crippen molar-refractivity contribution < 1.29 is 9.84 Å². The van der Waals surface area contributed by atoms with Crippen LogP contribution in [0.3, 0.4) is 0 Å². The molecule has 1 aromatic carbocycles. The maximum atomic E-state index is 9.99. The standard InChI is InChI=1S/C18H22N2O2/c1-2-5-16-6-3-4-7-18(16)22-14-17(21)13-20-12-15-8-10-19-11-9-15/h2-4,6-11,17,20-21H,1,5,12-14H2. The molecule has 0 saturated carbocycles. The number of hydrogen-bond donors (Lipinski definition) is 2. The first-order valence-electron chi connectivity index (χ1n) is 7.39. The summed E-state index contributed by atoms with van der Waals surface area (Å²) in [6.07, 6.45) is 5.56. The van der Waals surface area contributed by atoms with Crippen LogP contribution in [0.25, 0.3) is 0 Å². The van der Waals surface area contributed by atoms with Crippen LogP contribution in [0, 0.1) is 0 Å². The summed E-state index contributed by atoms with van der Waals surface area (Å²) in [5.74, 6) is 0.801. The van der Waals surface area contributed by atoms with Crippen LogP contribution in [0.1, 0.15) is 11.1 Å². The fourth-order valence-corrected chi connectivity index (χ4v) is 2.10. The van der Waals surface area contributed by atoms with E-state index in [0.29, 0.717) is 13.1 Å². The summed E-state index contributed by atoms with van der Waals surface area (Å²) in [7, 11) is 0. The largest absolute Gasteiger partial charge is 0.491 e. The zero-order valence-electron chi connectivity index (χ0n) is 12.6. The number of para-hydroxylation sites is 1. The van der Waals surface area contributed by atoms with E-state index in [1.54, 1.807) is 12.4 Å². The zero-order valence-corrected chi connectivity index (χ0v) is 12.6. The van der Waals surface area contributed by atoms with Crippen molar-refractivity contribution in [2.24, 2.45) is 0 Å². The van der Waals surface area contributed by atoms with E-state index >= 15 is 0 Å². The molecule has 4 nitrogen and oxygen atoms in total. The van der Waals surface area contributed by atoms with Crippen LogP contribution in [0.4, 0.5) is 0 Å². The Morgan fingerprint density at radius 2 is 2.00 bits per heavy atom. The second-order valence-corrected chi connectivity index (χ2v) is 5.05. The SMILES string of the molecule is C=CCc1ccccc1OCC(O)CNCc1ccncc1. The number of allylic oxidation sites excluding steroid dienone is 1. The smallest absolute Gasteiger partial charge is 0.122 e. The van der Waals surface area contributed by atoms with Crippen LogP contribution in [0.5, 0.6) is 5.75 Å². The Labute approximate surface area is 131 Å². The van der Waals surface area contributed by atoms with E-state index in [2.05, 4.69) is 16.9 Å². The van der Waals surface area contributed by atoms with Crippen molar-refractivity contribution in [3.8, 4) is 5.75 Å². The van der Waals surface area contributed by atoms with Gasteiger partial charge in [0.1, 0.15) is 18.5 Å². The van der Waals surface area contributed by atoms with Crippen LogP contribution in [0.2, 0.25) is 0 Å². The maximum absolute atomic E-state index is 9.99. The molecule has 0 fully saturated rings. The topological polar surface area (TPSA) is 54.4 Å². The summed E-state index contributed by atoms with van der Waals surface area (Å²) in [6, 6.07) is 11.7. The van der Waals surface area contributed by atoms with E-state index < -0.39 is 6.10 Å². The number of benzene rings is 1. The van der Waals surface area contributed by atoms with Gasteiger partial charge in [0.25, 0.3) is 0 Å². The van der Waals surface area contributed by atoms with Crippen LogP contribution in [-0.2, 0) is 13.0 Å². The molecule has 4 heteroatoms. The lowest BCUT2D eigenvalue weighted by atomic mass is 10.1. The Bertz CT molecular complexity index is 572. The number of nitrogens with zero attached hydrogens (tertiary/aromatic N) is 1. The Morgan fingerprint density at radius 1 is 1.23 bits per heavy atom. The minimum absolute atomic E-state index is 0.261. The van der Waals surface area contributed by atoms with Crippen LogP contribution >= 0.6 is 0 Å². The summed E-state index contributed by atoms with van der Waals surface area (Å²) in [5, 5.41) is 13.2. The molecule has 2 aromatic rings. The van der Waals surface area contributed by atoms with Crippen molar-refractivity contribution in [3.63, 3.8) is 0 Å². The molecule has 0 aliphatic rings. The number of aliphatic hydroxyl groups excluding tert-OH is 1. The van der Waals surface area contributed by atoms with Crippen molar-refractivity contribution >= 4 is 0 Å². The van der Waals surface area contributed by atoms with E-state index in [9.17, 15) is 5.11 Å². The van der Waals surface area contributed by atoms with Gasteiger partial charge in [-0.15, -0.1) is 6.58 Å². The summed E-state index contributed by atoms with van der Waals surface area (Å²) in [5.41, 5.74) is 2.22. The molecule has 0 saturated heterocycles. The zero-order chi connectivity index (χ0) is 15.6. The van der Waals surface area contributed by atoms with Gasteiger partial charge in [-0.2, -0.15) is 0 Å². The minimum Gasteiger partial charge on any atom is -0.491 e. The average molecular weight is 298 g/mol. The predicted octanol–water partition coefficient (Wildman–Crippen LogP) is 2.34. The van der Waals surface area contributed by atoms with Gasteiger partial charge in [0, 0.05) is 25.5 Å². The van der Waals surface area contributed by atoms with E-state index in [1.807, 2.05) is 42.5 Å².